The van der Waals surface area contributed by atoms with E-state index in [1.807, 2.05) is 12.1 Å². The molecule has 3 rings (SSSR count). The van der Waals surface area contributed by atoms with Gasteiger partial charge in [0.15, 0.2) is 6.61 Å². The topological polar surface area (TPSA) is 71.9 Å². The molecule has 0 atom stereocenters. The maximum absolute atomic E-state index is 9.00. The molecule has 108 valence electrons. The van der Waals surface area contributed by atoms with Crippen LogP contribution in [0.1, 0.15) is 11.5 Å². The normalized spacial score (nSPS) is 10.2. The maximum Gasteiger partial charge on any atom is 0.264 e. The first-order chi connectivity index (χ1) is 10.8. The van der Waals surface area contributed by atoms with Crippen LogP contribution in [0, 0.1) is 11.3 Å². The van der Waals surface area contributed by atoms with Crippen LogP contribution in [-0.4, -0.2) is 10.1 Å². The van der Waals surface area contributed by atoms with E-state index in [4.69, 9.17) is 26.1 Å². The minimum absolute atomic E-state index is 0.0965. The van der Waals surface area contributed by atoms with Crippen LogP contribution in [0.4, 0.5) is 0 Å². The van der Waals surface area contributed by atoms with Gasteiger partial charge in [-0.25, -0.2) is 0 Å². The van der Waals surface area contributed by atoms with Crippen LogP contribution >= 0.6 is 11.6 Å². The number of rotatable bonds is 4. The molecule has 0 unspecified atom stereocenters. The molecule has 1 aromatic heterocycles. The van der Waals surface area contributed by atoms with Crippen molar-refractivity contribution < 1.29 is 9.26 Å². The number of para-hydroxylation sites is 1. The molecule has 3 aromatic rings. The van der Waals surface area contributed by atoms with E-state index in [2.05, 4.69) is 16.2 Å². The first-order valence-electron chi connectivity index (χ1n) is 6.47. The van der Waals surface area contributed by atoms with Crippen LogP contribution in [0.2, 0.25) is 5.02 Å². The lowest BCUT2D eigenvalue weighted by Crippen LogP contribution is -1.97. The smallest absolute Gasteiger partial charge is 0.264 e. The van der Waals surface area contributed by atoms with Gasteiger partial charge in [-0.05, 0) is 36.4 Å². The third-order valence-electron chi connectivity index (χ3n) is 2.93. The highest BCUT2D eigenvalue weighted by molar-refractivity contribution is 6.30. The molecular formula is C16H10ClN3O2. The number of hydrogen-bond acceptors (Lipinski definition) is 5. The van der Waals surface area contributed by atoms with Gasteiger partial charge in [0.2, 0.25) is 5.82 Å². The van der Waals surface area contributed by atoms with E-state index < -0.39 is 0 Å². The van der Waals surface area contributed by atoms with Crippen LogP contribution in [0.5, 0.6) is 5.75 Å². The second-order valence-corrected chi connectivity index (χ2v) is 4.85. The largest absolute Gasteiger partial charge is 0.482 e. The van der Waals surface area contributed by atoms with Crippen molar-refractivity contribution in [3.05, 3.63) is 65.0 Å². The molecular weight excluding hydrogens is 302 g/mol. The predicted molar refractivity (Wildman–Crippen MR) is 80.2 cm³/mol. The van der Waals surface area contributed by atoms with E-state index in [1.165, 1.54) is 0 Å². The number of ether oxygens (including phenoxy) is 1. The van der Waals surface area contributed by atoms with Crippen LogP contribution in [0.15, 0.2) is 53.1 Å². The minimum atomic E-state index is 0.0965. The van der Waals surface area contributed by atoms with Crippen molar-refractivity contribution in [1.29, 1.82) is 5.26 Å². The molecule has 1 heterocycles. The van der Waals surface area contributed by atoms with Crippen LogP contribution in [-0.2, 0) is 6.61 Å². The predicted octanol–water partition coefficient (Wildman–Crippen LogP) is 3.84. The Morgan fingerprint density at radius 2 is 1.91 bits per heavy atom. The molecule has 0 spiro atoms. The number of nitriles is 1. The van der Waals surface area contributed by atoms with Gasteiger partial charge in [-0.1, -0.05) is 28.9 Å². The number of aromatic nitrogens is 2. The molecule has 0 fully saturated rings. The first-order valence-corrected chi connectivity index (χ1v) is 6.84. The summed E-state index contributed by atoms with van der Waals surface area (Å²) in [6.07, 6.45) is 0. The summed E-state index contributed by atoms with van der Waals surface area (Å²) in [5.74, 6) is 1.28. The molecule has 5 nitrogen and oxygen atoms in total. The van der Waals surface area contributed by atoms with E-state index in [1.54, 1.807) is 36.4 Å². The summed E-state index contributed by atoms with van der Waals surface area (Å²) >= 11 is 5.84. The molecule has 0 amide bonds. The van der Waals surface area contributed by atoms with Gasteiger partial charge in [-0.2, -0.15) is 10.2 Å². The Kier molecular flexibility index (Phi) is 4.03. The summed E-state index contributed by atoms with van der Waals surface area (Å²) in [5.41, 5.74) is 1.26. The molecule has 0 aliphatic rings. The van der Waals surface area contributed by atoms with Crippen molar-refractivity contribution in [2.24, 2.45) is 0 Å². The van der Waals surface area contributed by atoms with E-state index >= 15 is 0 Å². The highest BCUT2D eigenvalue weighted by atomic mass is 35.5. The summed E-state index contributed by atoms with van der Waals surface area (Å²) in [7, 11) is 0. The Labute approximate surface area is 131 Å². The second kappa shape index (κ2) is 6.29. The van der Waals surface area contributed by atoms with Crippen molar-refractivity contribution in [1.82, 2.24) is 10.1 Å². The third kappa shape index (κ3) is 3.08. The second-order valence-electron chi connectivity index (χ2n) is 4.42. The summed E-state index contributed by atoms with van der Waals surface area (Å²) < 4.78 is 10.7. The Hall–Kier alpha value is -2.84. The summed E-state index contributed by atoms with van der Waals surface area (Å²) in [6.45, 7) is 0.0965. The van der Waals surface area contributed by atoms with Gasteiger partial charge in [0.05, 0.1) is 5.56 Å². The van der Waals surface area contributed by atoms with Gasteiger partial charge in [0.25, 0.3) is 5.89 Å². The van der Waals surface area contributed by atoms with Gasteiger partial charge in [-0.3, -0.25) is 0 Å². The summed E-state index contributed by atoms with van der Waals surface area (Å²) in [6, 6.07) is 16.2. The zero-order chi connectivity index (χ0) is 15.4. The quantitative estimate of drug-likeness (QED) is 0.732. The lowest BCUT2D eigenvalue weighted by molar-refractivity contribution is 0.242. The van der Waals surface area contributed by atoms with Crippen molar-refractivity contribution in [3.8, 4) is 23.2 Å². The standard InChI is InChI=1S/C16H10ClN3O2/c17-13-7-5-11(6-8-13)16-19-15(22-20-16)10-21-14-4-2-1-3-12(14)9-18/h1-8H,10H2. The average Bonchev–Trinajstić information content (AvgIpc) is 3.03. The van der Waals surface area contributed by atoms with E-state index in [0.717, 1.165) is 5.56 Å². The summed E-state index contributed by atoms with van der Waals surface area (Å²) in [4.78, 5) is 4.25. The van der Waals surface area contributed by atoms with E-state index in [9.17, 15) is 0 Å². The fraction of sp³-hybridized carbons (Fsp3) is 0.0625. The molecule has 0 saturated carbocycles. The Morgan fingerprint density at radius 3 is 2.68 bits per heavy atom. The molecule has 0 radical (unpaired) electrons. The maximum atomic E-state index is 9.00. The van der Waals surface area contributed by atoms with Crippen LogP contribution in [0.25, 0.3) is 11.4 Å². The Bertz CT molecular complexity index is 822. The van der Waals surface area contributed by atoms with Gasteiger partial charge in [-0.15, -0.1) is 0 Å². The van der Waals surface area contributed by atoms with Crippen molar-refractivity contribution in [2.45, 2.75) is 6.61 Å². The van der Waals surface area contributed by atoms with Crippen molar-refractivity contribution in [3.63, 3.8) is 0 Å². The lowest BCUT2D eigenvalue weighted by Gasteiger charge is -2.03. The Balaban J connectivity index is 1.72. The molecule has 2 aromatic carbocycles. The molecule has 0 saturated heterocycles. The molecule has 0 aliphatic heterocycles. The SMILES string of the molecule is N#Cc1ccccc1OCc1nc(-c2ccc(Cl)cc2)no1. The van der Waals surface area contributed by atoms with Crippen LogP contribution < -0.4 is 4.74 Å². The number of nitrogens with zero attached hydrogens (tertiary/aromatic N) is 3. The zero-order valence-corrected chi connectivity index (χ0v) is 12.1. The molecule has 0 bridgehead atoms. The highest BCUT2D eigenvalue weighted by Gasteiger charge is 2.10. The third-order valence-corrected chi connectivity index (χ3v) is 3.18. The fourth-order valence-corrected chi connectivity index (χ4v) is 1.98. The molecule has 22 heavy (non-hydrogen) atoms. The molecule has 6 heteroatoms. The Morgan fingerprint density at radius 1 is 1.14 bits per heavy atom. The zero-order valence-electron chi connectivity index (χ0n) is 11.4. The number of hydrogen-bond donors (Lipinski definition) is 0. The van der Waals surface area contributed by atoms with E-state index in [0.29, 0.717) is 28.1 Å². The summed E-state index contributed by atoms with van der Waals surface area (Å²) in [5, 5.41) is 13.5. The number of halogens is 1. The number of benzene rings is 2. The van der Waals surface area contributed by atoms with E-state index in [-0.39, 0.29) is 6.61 Å². The van der Waals surface area contributed by atoms with Gasteiger partial charge in [0.1, 0.15) is 11.8 Å². The average molecular weight is 312 g/mol. The minimum Gasteiger partial charge on any atom is -0.482 e. The highest BCUT2D eigenvalue weighted by Crippen LogP contribution is 2.20. The molecule has 0 N–H and O–H groups in total. The molecule has 0 aliphatic carbocycles. The first kappa shape index (κ1) is 14.1. The van der Waals surface area contributed by atoms with Gasteiger partial charge < -0.3 is 9.26 Å². The van der Waals surface area contributed by atoms with Gasteiger partial charge in [0, 0.05) is 10.6 Å². The van der Waals surface area contributed by atoms with Crippen LogP contribution in [0.3, 0.4) is 0 Å². The fourth-order valence-electron chi connectivity index (χ4n) is 1.85. The van der Waals surface area contributed by atoms with Crippen molar-refractivity contribution in [2.75, 3.05) is 0 Å². The monoisotopic (exact) mass is 311 g/mol. The van der Waals surface area contributed by atoms with Gasteiger partial charge >= 0.3 is 0 Å². The lowest BCUT2D eigenvalue weighted by atomic mass is 10.2. The van der Waals surface area contributed by atoms with Crippen molar-refractivity contribution >= 4 is 11.6 Å².